The summed E-state index contributed by atoms with van der Waals surface area (Å²) in [5, 5.41) is 4.72. The number of aryl methyl sites for hydroxylation is 1. The second-order valence-electron chi connectivity index (χ2n) is 3.86. The molecule has 1 N–H and O–H groups in total. The number of hydrogen-bond donors (Lipinski definition) is 1. The first-order valence-corrected chi connectivity index (χ1v) is 6.67. The largest absolute Gasteiger partial charge is 0.370 e. The molecule has 4 heteroatoms. The van der Waals surface area contributed by atoms with E-state index in [0.29, 0.717) is 0 Å². The highest BCUT2D eigenvalue weighted by Crippen LogP contribution is 2.34. The van der Waals surface area contributed by atoms with Crippen LogP contribution in [-0.2, 0) is 7.05 Å². The number of fused-ring (bicyclic) bond motifs is 3. The van der Waals surface area contributed by atoms with Gasteiger partial charge in [-0.1, -0.05) is 30.4 Å². The van der Waals surface area contributed by atoms with Crippen LogP contribution < -0.4 is 5.32 Å². The molecule has 1 aliphatic rings. The van der Waals surface area contributed by atoms with Crippen molar-refractivity contribution < 1.29 is 0 Å². The Morgan fingerprint density at radius 3 is 3.06 bits per heavy atom. The maximum Gasteiger partial charge on any atom is 0.116 e. The van der Waals surface area contributed by atoms with E-state index in [2.05, 4.69) is 41.2 Å². The van der Waals surface area contributed by atoms with Gasteiger partial charge in [0.1, 0.15) is 5.82 Å². The van der Waals surface area contributed by atoms with Crippen LogP contribution >= 0.6 is 24.0 Å². The fourth-order valence-electron chi connectivity index (χ4n) is 2.19. The molecule has 0 aliphatic carbocycles. The number of rotatable bonds is 0. The van der Waals surface area contributed by atoms with Crippen molar-refractivity contribution in [2.75, 3.05) is 17.6 Å². The van der Waals surface area contributed by atoms with E-state index in [1.165, 1.54) is 16.5 Å². The highest BCUT2D eigenvalue weighted by Gasteiger charge is 2.20. The fourth-order valence-corrected chi connectivity index (χ4v) is 3.39. The molecule has 16 heavy (non-hydrogen) atoms. The predicted molar refractivity (Wildman–Crippen MR) is 75.6 cm³/mol. The van der Waals surface area contributed by atoms with E-state index in [9.17, 15) is 0 Å². The van der Waals surface area contributed by atoms with Gasteiger partial charge in [-0.05, 0) is 6.07 Å². The standard InChI is InChI=1S/C12H12N2S2/c1-14-9-5-3-2-4-8(9)10-11(14)13-6-7-16-12(10)15/h2-5,13H,6-7H2,1H3. The molecule has 0 spiro atoms. The van der Waals surface area contributed by atoms with E-state index in [-0.39, 0.29) is 0 Å². The van der Waals surface area contributed by atoms with Crippen molar-refractivity contribution in [3.8, 4) is 0 Å². The highest BCUT2D eigenvalue weighted by molar-refractivity contribution is 8.23. The van der Waals surface area contributed by atoms with Crippen molar-refractivity contribution in [3.05, 3.63) is 29.8 Å². The normalized spacial score (nSPS) is 15.7. The minimum Gasteiger partial charge on any atom is -0.370 e. The average Bonchev–Trinajstić information content (AvgIpc) is 2.46. The Kier molecular flexibility index (Phi) is 2.41. The quantitative estimate of drug-likeness (QED) is 0.722. The summed E-state index contributed by atoms with van der Waals surface area (Å²) in [6, 6.07) is 8.42. The molecule has 1 aliphatic heterocycles. The average molecular weight is 248 g/mol. The minimum absolute atomic E-state index is 0.974. The summed E-state index contributed by atoms with van der Waals surface area (Å²) < 4.78 is 3.21. The van der Waals surface area contributed by atoms with Gasteiger partial charge in [0, 0.05) is 30.3 Å². The Morgan fingerprint density at radius 2 is 2.19 bits per heavy atom. The summed E-state index contributed by atoms with van der Waals surface area (Å²) in [5.74, 6) is 2.21. The van der Waals surface area contributed by atoms with Crippen molar-refractivity contribution in [1.29, 1.82) is 0 Å². The molecule has 0 saturated carbocycles. The first-order chi connectivity index (χ1) is 7.79. The summed E-state index contributed by atoms with van der Waals surface area (Å²) in [6.45, 7) is 0.974. The van der Waals surface area contributed by atoms with Gasteiger partial charge in [0.2, 0.25) is 0 Å². The van der Waals surface area contributed by atoms with Crippen LogP contribution in [0.4, 0.5) is 5.82 Å². The molecular formula is C12H12N2S2. The summed E-state index contributed by atoms with van der Waals surface area (Å²) in [7, 11) is 2.09. The Balaban J connectivity index is 2.39. The zero-order valence-corrected chi connectivity index (χ0v) is 10.6. The van der Waals surface area contributed by atoms with Crippen LogP contribution in [0.1, 0.15) is 5.56 Å². The third-order valence-corrected chi connectivity index (χ3v) is 4.37. The third kappa shape index (κ3) is 1.37. The second-order valence-corrected chi connectivity index (χ2v) is 5.63. The number of hydrogen-bond acceptors (Lipinski definition) is 3. The SMILES string of the molecule is Cn1c2c(c3ccccc31)C(=S)SCCN2. The van der Waals surface area contributed by atoms with Crippen LogP contribution in [0.25, 0.3) is 10.9 Å². The van der Waals surface area contributed by atoms with Crippen molar-refractivity contribution in [2.45, 2.75) is 0 Å². The third-order valence-electron chi connectivity index (χ3n) is 2.94. The first-order valence-electron chi connectivity index (χ1n) is 5.27. The lowest BCUT2D eigenvalue weighted by Crippen LogP contribution is -2.06. The molecule has 0 fully saturated rings. The number of benzene rings is 1. The van der Waals surface area contributed by atoms with Gasteiger partial charge in [-0.25, -0.2) is 0 Å². The monoisotopic (exact) mass is 248 g/mol. The summed E-state index contributed by atoms with van der Waals surface area (Å²) in [6.07, 6.45) is 0. The fraction of sp³-hybridized carbons (Fsp3) is 0.250. The van der Waals surface area contributed by atoms with Crippen molar-refractivity contribution in [2.24, 2.45) is 7.05 Å². The first kappa shape index (κ1) is 10.2. The molecular weight excluding hydrogens is 236 g/mol. The smallest absolute Gasteiger partial charge is 0.116 e. The van der Waals surface area contributed by atoms with E-state index in [1.54, 1.807) is 11.8 Å². The molecule has 82 valence electrons. The van der Waals surface area contributed by atoms with E-state index in [0.717, 1.165) is 22.3 Å². The number of para-hydroxylation sites is 1. The van der Waals surface area contributed by atoms with E-state index in [4.69, 9.17) is 12.2 Å². The maximum atomic E-state index is 5.50. The minimum atomic E-state index is 0.974. The van der Waals surface area contributed by atoms with Gasteiger partial charge < -0.3 is 9.88 Å². The lowest BCUT2D eigenvalue weighted by molar-refractivity contribution is 0.959. The number of nitrogens with zero attached hydrogens (tertiary/aromatic N) is 1. The van der Waals surface area contributed by atoms with E-state index in [1.807, 2.05) is 0 Å². The molecule has 1 aromatic carbocycles. The van der Waals surface area contributed by atoms with Gasteiger partial charge in [0.25, 0.3) is 0 Å². The van der Waals surface area contributed by atoms with Gasteiger partial charge in [-0.15, -0.1) is 11.8 Å². The van der Waals surface area contributed by atoms with Crippen LogP contribution in [0, 0.1) is 0 Å². The van der Waals surface area contributed by atoms with E-state index >= 15 is 0 Å². The zero-order valence-electron chi connectivity index (χ0n) is 8.99. The lowest BCUT2D eigenvalue weighted by atomic mass is 10.2. The predicted octanol–water partition coefficient (Wildman–Crippen LogP) is 3.01. The maximum absolute atomic E-state index is 5.50. The van der Waals surface area contributed by atoms with Crippen LogP contribution in [-0.4, -0.2) is 21.1 Å². The summed E-state index contributed by atoms with van der Waals surface area (Å²) in [4.78, 5) is 0. The molecule has 2 nitrogen and oxygen atoms in total. The number of thioether (sulfide) groups is 1. The number of thiocarbonyl (C=S) groups is 1. The lowest BCUT2D eigenvalue weighted by Gasteiger charge is -2.05. The number of nitrogens with one attached hydrogen (secondary N) is 1. The van der Waals surface area contributed by atoms with Crippen LogP contribution in [0.5, 0.6) is 0 Å². The second kappa shape index (κ2) is 3.79. The Labute approximate surface area is 104 Å². The van der Waals surface area contributed by atoms with Crippen molar-refractivity contribution in [3.63, 3.8) is 0 Å². The molecule has 2 heterocycles. The van der Waals surface area contributed by atoms with Crippen molar-refractivity contribution >= 4 is 44.9 Å². The van der Waals surface area contributed by atoms with E-state index < -0.39 is 0 Å². The van der Waals surface area contributed by atoms with Crippen LogP contribution in [0.15, 0.2) is 24.3 Å². The zero-order chi connectivity index (χ0) is 11.1. The van der Waals surface area contributed by atoms with Crippen LogP contribution in [0.3, 0.4) is 0 Å². The van der Waals surface area contributed by atoms with Gasteiger partial charge in [-0.2, -0.15) is 0 Å². The van der Waals surface area contributed by atoms with Gasteiger partial charge in [-0.3, -0.25) is 0 Å². The number of aromatic nitrogens is 1. The highest BCUT2D eigenvalue weighted by atomic mass is 32.2. The summed E-state index contributed by atoms with van der Waals surface area (Å²) >= 11 is 7.26. The Hall–Kier alpha value is -1.00. The molecule has 0 radical (unpaired) electrons. The summed E-state index contributed by atoms with van der Waals surface area (Å²) in [5.41, 5.74) is 2.44. The van der Waals surface area contributed by atoms with Crippen LogP contribution in [0.2, 0.25) is 0 Å². The van der Waals surface area contributed by atoms with Gasteiger partial charge in [0.15, 0.2) is 0 Å². The Bertz CT molecular complexity index is 572. The Morgan fingerprint density at radius 1 is 1.38 bits per heavy atom. The molecule has 0 amide bonds. The molecule has 1 aromatic heterocycles. The topological polar surface area (TPSA) is 17.0 Å². The molecule has 0 bridgehead atoms. The van der Waals surface area contributed by atoms with Crippen molar-refractivity contribution in [1.82, 2.24) is 4.57 Å². The molecule has 0 unspecified atom stereocenters. The molecule has 3 rings (SSSR count). The molecule has 2 aromatic rings. The van der Waals surface area contributed by atoms with Gasteiger partial charge >= 0.3 is 0 Å². The molecule has 0 atom stereocenters. The molecule has 0 saturated heterocycles. The number of anilines is 1. The van der Waals surface area contributed by atoms with Gasteiger partial charge in [0.05, 0.1) is 9.71 Å².